The predicted molar refractivity (Wildman–Crippen MR) is 142 cm³/mol. The Morgan fingerprint density at radius 3 is 1.40 bits per heavy atom. The SMILES string of the molecule is Cc1cc[c-]c(-c2nccc3ccccc23)c1.Cc1cc[c-]c(-c2nccc3ccccc23)c1.[Ir]. The van der Waals surface area contributed by atoms with Crippen molar-refractivity contribution in [2.45, 2.75) is 13.8 Å². The van der Waals surface area contributed by atoms with Gasteiger partial charge < -0.3 is 9.97 Å². The summed E-state index contributed by atoms with van der Waals surface area (Å²) in [5.74, 6) is 0. The summed E-state index contributed by atoms with van der Waals surface area (Å²) in [5, 5.41) is 4.79. The fourth-order valence-electron chi connectivity index (χ4n) is 4.10. The molecule has 6 rings (SSSR count). The molecule has 0 unspecified atom stereocenters. The second kappa shape index (κ2) is 11.2. The Morgan fingerprint density at radius 2 is 0.971 bits per heavy atom. The van der Waals surface area contributed by atoms with Gasteiger partial charge in [0.2, 0.25) is 0 Å². The van der Waals surface area contributed by atoms with E-state index in [0.29, 0.717) is 0 Å². The van der Waals surface area contributed by atoms with E-state index < -0.39 is 0 Å². The quantitative estimate of drug-likeness (QED) is 0.182. The van der Waals surface area contributed by atoms with Gasteiger partial charge in [-0.25, -0.2) is 0 Å². The molecule has 0 aliphatic carbocycles. The zero-order valence-corrected chi connectivity index (χ0v) is 22.0. The van der Waals surface area contributed by atoms with Crippen LogP contribution in [0, 0.1) is 26.0 Å². The number of fused-ring (bicyclic) bond motifs is 2. The topological polar surface area (TPSA) is 25.8 Å². The van der Waals surface area contributed by atoms with Crippen LogP contribution in [-0.2, 0) is 20.1 Å². The van der Waals surface area contributed by atoms with Gasteiger partial charge in [0, 0.05) is 32.5 Å². The number of aryl methyl sites for hydroxylation is 2. The molecule has 0 spiro atoms. The predicted octanol–water partition coefficient (Wildman–Crippen LogP) is 8.02. The number of rotatable bonds is 2. The van der Waals surface area contributed by atoms with Gasteiger partial charge in [-0.2, -0.15) is 0 Å². The van der Waals surface area contributed by atoms with Crippen molar-refractivity contribution in [1.29, 1.82) is 0 Å². The Hall–Kier alpha value is -3.65. The molecule has 2 heterocycles. The summed E-state index contributed by atoms with van der Waals surface area (Å²) in [6.07, 6.45) is 3.71. The van der Waals surface area contributed by atoms with E-state index in [1.807, 2.05) is 60.9 Å². The van der Waals surface area contributed by atoms with Crippen LogP contribution in [0.15, 0.2) is 109 Å². The van der Waals surface area contributed by atoms with Gasteiger partial charge in [0.1, 0.15) is 0 Å². The summed E-state index contributed by atoms with van der Waals surface area (Å²) in [5.41, 5.74) is 6.59. The van der Waals surface area contributed by atoms with Crippen LogP contribution in [0.2, 0.25) is 0 Å². The molecule has 0 aliphatic heterocycles. The minimum atomic E-state index is 0. The average Bonchev–Trinajstić information content (AvgIpc) is 2.88. The molecule has 6 aromatic rings. The number of nitrogens with zero attached hydrogens (tertiary/aromatic N) is 2. The van der Waals surface area contributed by atoms with Gasteiger partial charge in [-0.3, -0.25) is 0 Å². The van der Waals surface area contributed by atoms with E-state index in [2.05, 4.69) is 84.5 Å². The van der Waals surface area contributed by atoms with Crippen LogP contribution in [0.3, 0.4) is 0 Å². The maximum absolute atomic E-state index is 4.49. The summed E-state index contributed by atoms with van der Waals surface area (Å²) in [4.78, 5) is 8.97. The van der Waals surface area contributed by atoms with E-state index in [-0.39, 0.29) is 20.1 Å². The summed E-state index contributed by atoms with van der Waals surface area (Å²) in [6.45, 7) is 4.17. The Kier molecular flexibility index (Phi) is 7.82. The maximum Gasteiger partial charge on any atom is 0.0167 e. The molecular formula is C32H24IrN2-2. The van der Waals surface area contributed by atoms with E-state index in [1.165, 1.54) is 32.7 Å². The minimum Gasteiger partial charge on any atom is -0.304 e. The van der Waals surface area contributed by atoms with Crippen LogP contribution in [0.25, 0.3) is 44.1 Å². The smallest absolute Gasteiger partial charge is 0.0167 e. The molecule has 0 fully saturated rings. The Labute approximate surface area is 220 Å². The number of hydrogen-bond acceptors (Lipinski definition) is 2. The largest absolute Gasteiger partial charge is 0.304 e. The molecule has 1 radical (unpaired) electrons. The molecule has 2 nitrogen and oxygen atoms in total. The Morgan fingerprint density at radius 1 is 0.543 bits per heavy atom. The van der Waals surface area contributed by atoms with Gasteiger partial charge in [-0.15, -0.1) is 70.8 Å². The molecule has 35 heavy (non-hydrogen) atoms. The van der Waals surface area contributed by atoms with Crippen molar-refractivity contribution in [3.63, 3.8) is 0 Å². The molecule has 0 amide bonds. The van der Waals surface area contributed by atoms with E-state index in [1.54, 1.807) is 0 Å². The van der Waals surface area contributed by atoms with Gasteiger partial charge >= 0.3 is 0 Å². The number of pyridine rings is 2. The zero-order chi connectivity index (χ0) is 23.3. The van der Waals surface area contributed by atoms with Crippen molar-refractivity contribution in [3.05, 3.63) is 133 Å². The third-order valence-electron chi connectivity index (χ3n) is 5.77. The molecule has 3 heteroatoms. The second-order valence-corrected chi connectivity index (χ2v) is 8.32. The normalized spacial score (nSPS) is 10.3. The number of aromatic nitrogens is 2. The van der Waals surface area contributed by atoms with Crippen LogP contribution in [0.4, 0.5) is 0 Å². The van der Waals surface area contributed by atoms with Crippen molar-refractivity contribution in [2.75, 3.05) is 0 Å². The fourth-order valence-corrected chi connectivity index (χ4v) is 4.10. The van der Waals surface area contributed by atoms with Crippen LogP contribution >= 0.6 is 0 Å². The summed E-state index contributed by atoms with van der Waals surface area (Å²) in [7, 11) is 0. The summed E-state index contributed by atoms with van der Waals surface area (Å²) >= 11 is 0. The van der Waals surface area contributed by atoms with E-state index >= 15 is 0 Å². The van der Waals surface area contributed by atoms with Crippen LogP contribution < -0.4 is 0 Å². The van der Waals surface area contributed by atoms with Gasteiger partial charge in [0.05, 0.1) is 0 Å². The number of hydrogen-bond donors (Lipinski definition) is 0. The standard InChI is InChI=1S/2C16H12N.Ir/c2*1-12-5-4-7-14(11-12)16-15-8-3-2-6-13(15)9-10-17-16;/h2*2-6,8-11H,1H3;/q2*-1;. The first-order valence-corrected chi connectivity index (χ1v) is 11.3. The van der Waals surface area contributed by atoms with Crippen molar-refractivity contribution < 1.29 is 20.1 Å². The van der Waals surface area contributed by atoms with E-state index in [0.717, 1.165) is 22.5 Å². The summed E-state index contributed by atoms with van der Waals surface area (Å²) in [6, 6.07) is 39.4. The first kappa shape index (κ1) is 24.5. The van der Waals surface area contributed by atoms with Crippen molar-refractivity contribution in [1.82, 2.24) is 9.97 Å². The van der Waals surface area contributed by atoms with Crippen molar-refractivity contribution in [3.8, 4) is 22.5 Å². The Bertz CT molecular complexity index is 1460. The molecule has 2 aromatic heterocycles. The third-order valence-corrected chi connectivity index (χ3v) is 5.77. The first-order chi connectivity index (χ1) is 16.7. The van der Waals surface area contributed by atoms with Crippen molar-refractivity contribution >= 4 is 21.5 Å². The molecule has 0 saturated heterocycles. The third kappa shape index (κ3) is 5.54. The van der Waals surface area contributed by atoms with Gasteiger partial charge in [-0.05, 0) is 45.1 Å². The Balaban J connectivity index is 0.000000160. The van der Waals surface area contributed by atoms with E-state index in [9.17, 15) is 0 Å². The van der Waals surface area contributed by atoms with E-state index in [4.69, 9.17) is 0 Å². The molecule has 173 valence electrons. The maximum atomic E-state index is 4.49. The van der Waals surface area contributed by atoms with Gasteiger partial charge in [0.15, 0.2) is 0 Å². The molecular weight excluding hydrogens is 605 g/mol. The molecule has 0 atom stereocenters. The van der Waals surface area contributed by atoms with Gasteiger partial charge in [-0.1, -0.05) is 62.4 Å². The number of benzene rings is 4. The molecule has 0 N–H and O–H groups in total. The molecule has 0 aliphatic rings. The second-order valence-electron chi connectivity index (χ2n) is 8.32. The van der Waals surface area contributed by atoms with Gasteiger partial charge in [0.25, 0.3) is 0 Å². The summed E-state index contributed by atoms with van der Waals surface area (Å²) < 4.78 is 0. The first-order valence-electron chi connectivity index (χ1n) is 11.3. The minimum absolute atomic E-state index is 0. The van der Waals surface area contributed by atoms with Crippen LogP contribution in [-0.4, -0.2) is 9.97 Å². The molecule has 0 bridgehead atoms. The van der Waals surface area contributed by atoms with Crippen LogP contribution in [0.5, 0.6) is 0 Å². The average molecular weight is 629 g/mol. The molecule has 4 aromatic carbocycles. The monoisotopic (exact) mass is 629 g/mol. The zero-order valence-electron chi connectivity index (χ0n) is 19.6. The van der Waals surface area contributed by atoms with Crippen molar-refractivity contribution in [2.24, 2.45) is 0 Å². The fraction of sp³-hybridized carbons (Fsp3) is 0.0625. The van der Waals surface area contributed by atoms with Crippen LogP contribution in [0.1, 0.15) is 11.1 Å². The molecule has 0 saturated carbocycles.